The highest BCUT2D eigenvalue weighted by Crippen LogP contribution is 2.38. The lowest BCUT2D eigenvalue weighted by Crippen LogP contribution is -2.39. The van der Waals surface area contributed by atoms with Crippen molar-refractivity contribution in [3.05, 3.63) is 22.7 Å². The van der Waals surface area contributed by atoms with Crippen molar-refractivity contribution < 1.29 is 12.8 Å². The van der Waals surface area contributed by atoms with Crippen molar-refractivity contribution in [2.24, 2.45) is 0 Å². The van der Waals surface area contributed by atoms with E-state index in [9.17, 15) is 8.42 Å². The molecule has 6 nitrogen and oxygen atoms in total. The predicted molar refractivity (Wildman–Crippen MR) is 92.1 cm³/mol. The highest BCUT2D eigenvalue weighted by molar-refractivity contribution is 7.89. The minimum absolute atomic E-state index is 0.244. The number of thiophene rings is 1. The Morgan fingerprint density at radius 2 is 1.96 bits per heavy atom. The second-order valence-corrected chi connectivity index (χ2v) is 9.48. The maximum absolute atomic E-state index is 13.0. The van der Waals surface area contributed by atoms with Crippen LogP contribution in [0.4, 0.5) is 0 Å². The standard InChI is InChI=1S/C16H21N3O3S2/c20-24(21,13-5-2-1-3-6-13)19-9-4-7-14(19)16-18-17-15(22-16)12-8-10-23-11-12/h8,10-11,13-14H,1-7,9H2/t14-/m1/s1. The van der Waals surface area contributed by atoms with Gasteiger partial charge in [-0.1, -0.05) is 19.3 Å². The summed E-state index contributed by atoms with van der Waals surface area (Å²) in [5, 5.41) is 11.9. The number of hydrogen-bond acceptors (Lipinski definition) is 6. The Hall–Kier alpha value is -1.25. The molecule has 1 aliphatic carbocycles. The van der Waals surface area contributed by atoms with Gasteiger partial charge in [0.1, 0.15) is 6.04 Å². The molecule has 1 saturated heterocycles. The summed E-state index contributed by atoms with van der Waals surface area (Å²) in [6.07, 6.45) is 6.29. The topological polar surface area (TPSA) is 76.3 Å². The first-order valence-electron chi connectivity index (χ1n) is 8.53. The van der Waals surface area contributed by atoms with Gasteiger partial charge in [-0.25, -0.2) is 8.42 Å². The van der Waals surface area contributed by atoms with Gasteiger partial charge in [0.2, 0.25) is 21.8 Å². The van der Waals surface area contributed by atoms with Gasteiger partial charge in [-0.15, -0.1) is 10.2 Å². The summed E-state index contributed by atoms with van der Waals surface area (Å²) in [4.78, 5) is 0. The van der Waals surface area contributed by atoms with Crippen molar-refractivity contribution in [1.29, 1.82) is 0 Å². The molecule has 1 aliphatic heterocycles. The number of sulfonamides is 1. The Kier molecular flexibility index (Phi) is 4.44. The SMILES string of the molecule is O=S(=O)(C1CCCCC1)N1CCC[C@@H]1c1nnc(-c2ccsc2)o1. The summed E-state index contributed by atoms with van der Waals surface area (Å²) in [5.41, 5.74) is 0.887. The third-order valence-electron chi connectivity index (χ3n) is 5.00. The molecule has 1 saturated carbocycles. The van der Waals surface area contributed by atoms with Gasteiger partial charge < -0.3 is 4.42 Å². The zero-order valence-electron chi connectivity index (χ0n) is 13.4. The van der Waals surface area contributed by atoms with E-state index in [4.69, 9.17) is 4.42 Å². The van der Waals surface area contributed by atoms with E-state index in [-0.39, 0.29) is 11.3 Å². The van der Waals surface area contributed by atoms with E-state index in [1.54, 1.807) is 15.6 Å². The first-order valence-corrected chi connectivity index (χ1v) is 11.0. The monoisotopic (exact) mass is 367 g/mol. The fourth-order valence-electron chi connectivity index (χ4n) is 3.72. The second-order valence-electron chi connectivity index (χ2n) is 6.53. The van der Waals surface area contributed by atoms with Crippen LogP contribution in [-0.4, -0.2) is 34.7 Å². The Bertz CT molecular complexity index is 779. The maximum atomic E-state index is 13.0. The van der Waals surface area contributed by atoms with Gasteiger partial charge in [0, 0.05) is 17.5 Å². The third kappa shape index (κ3) is 2.91. The van der Waals surface area contributed by atoms with Crippen LogP contribution in [0.25, 0.3) is 11.5 Å². The van der Waals surface area contributed by atoms with Gasteiger partial charge in [0.15, 0.2) is 0 Å². The van der Waals surface area contributed by atoms with Crippen LogP contribution < -0.4 is 0 Å². The summed E-state index contributed by atoms with van der Waals surface area (Å²) in [6.45, 7) is 0.555. The Balaban J connectivity index is 1.58. The molecule has 3 heterocycles. The lowest BCUT2D eigenvalue weighted by molar-refractivity contribution is 0.323. The molecular weight excluding hydrogens is 346 g/mol. The molecule has 4 rings (SSSR count). The van der Waals surface area contributed by atoms with Gasteiger partial charge in [-0.3, -0.25) is 0 Å². The van der Waals surface area contributed by atoms with E-state index in [0.717, 1.165) is 50.5 Å². The summed E-state index contributed by atoms with van der Waals surface area (Å²) in [7, 11) is -3.30. The van der Waals surface area contributed by atoms with E-state index in [2.05, 4.69) is 10.2 Å². The molecule has 0 spiro atoms. The Labute approximate surface area is 145 Å². The molecule has 0 aromatic carbocycles. The molecule has 0 amide bonds. The zero-order valence-corrected chi connectivity index (χ0v) is 15.1. The van der Waals surface area contributed by atoms with Crippen LogP contribution in [0.15, 0.2) is 21.2 Å². The van der Waals surface area contributed by atoms with Gasteiger partial charge in [0.25, 0.3) is 0 Å². The molecular formula is C16H21N3O3S2. The van der Waals surface area contributed by atoms with Crippen LogP contribution in [0.5, 0.6) is 0 Å². The largest absolute Gasteiger partial charge is 0.419 e. The van der Waals surface area contributed by atoms with Crippen LogP contribution >= 0.6 is 11.3 Å². The predicted octanol–water partition coefficient (Wildman–Crippen LogP) is 3.60. The van der Waals surface area contributed by atoms with Crippen molar-refractivity contribution in [3.8, 4) is 11.5 Å². The van der Waals surface area contributed by atoms with Gasteiger partial charge >= 0.3 is 0 Å². The van der Waals surface area contributed by atoms with Gasteiger partial charge in [-0.2, -0.15) is 15.6 Å². The Morgan fingerprint density at radius 3 is 2.71 bits per heavy atom. The second kappa shape index (κ2) is 6.57. The highest BCUT2D eigenvalue weighted by Gasteiger charge is 2.42. The summed E-state index contributed by atoms with van der Waals surface area (Å²) in [5.74, 6) is 0.890. The molecule has 24 heavy (non-hydrogen) atoms. The summed E-state index contributed by atoms with van der Waals surface area (Å²) in [6, 6.07) is 1.62. The molecule has 2 fully saturated rings. The van der Waals surface area contributed by atoms with Crippen LogP contribution in [0, 0.1) is 0 Å². The number of nitrogens with zero attached hydrogens (tertiary/aromatic N) is 3. The van der Waals surface area contributed by atoms with Crippen molar-refractivity contribution in [2.75, 3.05) is 6.54 Å². The van der Waals surface area contributed by atoms with Crippen molar-refractivity contribution in [1.82, 2.24) is 14.5 Å². The molecule has 0 N–H and O–H groups in total. The molecule has 0 bridgehead atoms. The van der Waals surface area contributed by atoms with Crippen molar-refractivity contribution in [3.63, 3.8) is 0 Å². The third-order valence-corrected chi connectivity index (χ3v) is 8.09. The lowest BCUT2D eigenvalue weighted by atomic mass is 10.0. The normalized spacial score (nSPS) is 23.8. The molecule has 2 aliphatic rings. The van der Waals surface area contributed by atoms with Gasteiger partial charge in [0.05, 0.1) is 5.25 Å². The fourth-order valence-corrected chi connectivity index (χ4v) is 6.59. The summed E-state index contributed by atoms with van der Waals surface area (Å²) >= 11 is 1.57. The number of rotatable bonds is 4. The van der Waals surface area contributed by atoms with Crippen LogP contribution in [0.2, 0.25) is 0 Å². The minimum atomic E-state index is -3.30. The van der Waals surface area contributed by atoms with E-state index >= 15 is 0 Å². The van der Waals surface area contributed by atoms with Crippen LogP contribution in [0.3, 0.4) is 0 Å². The molecule has 8 heteroatoms. The van der Waals surface area contributed by atoms with E-state index in [1.807, 2.05) is 16.8 Å². The van der Waals surface area contributed by atoms with Crippen LogP contribution in [-0.2, 0) is 10.0 Å². The molecule has 2 aromatic rings. The molecule has 1 atom stereocenters. The van der Waals surface area contributed by atoms with Crippen molar-refractivity contribution in [2.45, 2.75) is 56.2 Å². The lowest BCUT2D eigenvalue weighted by Gasteiger charge is -2.29. The quantitative estimate of drug-likeness (QED) is 0.825. The van der Waals surface area contributed by atoms with Gasteiger partial charge in [-0.05, 0) is 37.1 Å². The first kappa shape index (κ1) is 16.2. The number of aromatic nitrogens is 2. The van der Waals surface area contributed by atoms with Crippen LogP contribution in [0.1, 0.15) is 56.9 Å². The fraction of sp³-hybridized carbons (Fsp3) is 0.625. The van der Waals surface area contributed by atoms with Crippen molar-refractivity contribution >= 4 is 21.4 Å². The first-order chi connectivity index (χ1) is 11.7. The Morgan fingerprint density at radius 1 is 1.12 bits per heavy atom. The molecule has 130 valence electrons. The zero-order chi connectivity index (χ0) is 16.6. The number of hydrogen-bond donors (Lipinski definition) is 0. The smallest absolute Gasteiger partial charge is 0.248 e. The minimum Gasteiger partial charge on any atom is -0.419 e. The molecule has 2 aromatic heterocycles. The van der Waals surface area contributed by atoms with E-state index < -0.39 is 10.0 Å². The maximum Gasteiger partial charge on any atom is 0.248 e. The van der Waals surface area contributed by atoms with E-state index in [1.165, 1.54) is 0 Å². The average Bonchev–Trinajstić information content (AvgIpc) is 3.34. The molecule has 0 unspecified atom stereocenters. The summed E-state index contributed by atoms with van der Waals surface area (Å²) < 4.78 is 33.5. The average molecular weight is 367 g/mol. The van der Waals surface area contributed by atoms with E-state index in [0.29, 0.717) is 18.3 Å². The highest BCUT2D eigenvalue weighted by atomic mass is 32.2. The molecule has 0 radical (unpaired) electrons.